The van der Waals surface area contributed by atoms with Gasteiger partial charge in [0.25, 0.3) is 5.91 Å². The minimum Gasteiger partial charge on any atom is -0.493 e. The van der Waals surface area contributed by atoms with E-state index in [1.807, 2.05) is 6.92 Å². The highest BCUT2D eigenvalue weighted by molar-refractivity contribution is 5.92. The molecule has 0 fully saturated rings. The molecule has 0 radical (unpaired) electrons. The van der Waals surface area contributed by atoms with Gasteiger partial charge >= 0.3 is 5.97 Å². The van der Waals surface area contributed by atoms with Crippen molar-refractivity contribution in [3.05, 3.63) is 59.4 Å². The topological polar surface area (TPSA) is 65.1 Å². The van der Waals surface area contributed by atoms with E-state index < -0.39 is 24.3 Å². The third-order valence-electron chi connectivity index (χ3n) is 3.82. The molecule has 7 heteroatoms. The average molecular weight is 375 g/mol. The highest BCUT2D eigenvalue weighted by Crippen LogP contribution is 2.28. The van der Waals surface area contributed by atoms with Gasteiger partial charge in [-0.3, -0.25) is 4.79 Å². The minimum absolute atomic E-state index is 0.0834. The summed E-state index contributed by atoms with van der Waals surface area (Å²) in [6.45, 7) is 1.86. The fourth-order valence-electron chi connectivity index (χ4n) is 2.36. The molecule has 0 atom stereocenters. The number of carbonyl (C=O) groups excluding carboxylic acids is 2. The summed E-state index contributed by atoms with van der Waals surface area (Å²) in [7, 11) is 3.02. The van der Waals surface area contributed by atoms with Gasteiger partial charge in [-0.1, -0.05) is 18.2 Å². The second-order valence-corrected chi connectivity index (χ2v) is 5.72. The number of amides is 1. The molecular weight excluding hydrogens is 353 g/mol. The molecule has 1 amide bonds. The largest absolute Gasteiger partial charge is 0.493 e. The third kappa shape index (κ3) is 5.44. The molecule has 0 saturated carbocycles. The van der Waals surface area contributed by atoms with Crippen molar-refractivity contribution in [2.45, 2.75) is 13.5 Å². The highest BCUT2D eigenvalue weighted by Gasteiger charge is 2.16. The number of methoxy groups -OCH3 is 1. The molecule has 0 aliphatic carbocycles. The van der Waals surface area contributed by atoms with Crippen LogP contribution in [0.1, 0.15) is 22.8 Å². The van der Waals surface area contributed by atoms with Crippen molar-refractivity contribution < 1.29 is 28.2 Å². The summed E-state index contributed by atoms with van der Waals surface area (Å²) in [5.74, 6) is -0.584. The Hall–Kier alpha value is -3.09. The summed E-state index contributed by atoms with van der Waals surface area (Å²) in [5, 5.41) is 0. The number of ether oxygens (including phenoxy) is 3. The van der Waals surface area contributed by atoms with E-state index in [1.54, 1.807) is 24.3 Å². The Morgan fingerprint density at radius 1 is 1.11 bits per heavy atom. The molecule has 2 rings (SSSR count). The molecule has 27 heavy (non-hydrogen) atoms. The number of hydrogen-bond donors (Lipinski definition) is 0. The fraction of sp³-hybridized carbons (Fsp3) is 0.300. The van der Waals surface area contributed by atoms with Gasteiger partial charge in [0.2, 0.25) is 0 Å². The molecule has 0 aliphatic rings. The Kier molecular flexibility index (Phi) is 7.16. The standard InChI is InChI=1S/C20H22FNO5/c1-4-26-18-11-14(9-10-17(18)25-3)20(24)27-13-19(23)22(2)12-15-7-5-6-8-16(15)21/h5-11H,4,12-13H2,1-3H3. The number of carbonyl (C=O) groups is 2. The van der Waals surface area contributed by atoms with Gasteiger partial charge in [-0.25, -0.2) is 9.18 Å². The molecule has 0 N–H and O–H groups in total. The Labute approximate surface area is 157 Å². The van der Waals surface area contributed by atoms with Crippen molar-refractivity contribution in [2.75, 3.05) is 27.4 Å². The Balaban J connectivity index is 1.95. The van der Waals surface area contributed by atoms with E-state index in [1.165, 1.54) is 37.3 Å². The maximum Gasteiger partial charge on any atom is 0.338 e. The summed E-state index contributed by atoms with van der Waals surface area (Å²) in [5.41, 5.74) is 0.625. The van der Waals surface area contributed by atoms with Crippen LogP contribution in [0.2, 0.25) is 0 Å². The van der Waals surface area contributed by atoms with Crippen molar-refractivity contribution in [1.29, 1.82) is 0 Å². The fourth-order valence-corrected chi connectivity index (χ4v) is 2.36. The molecule has 0 aliphatic heterocycles. The summed E-state index contributed by atoms with van der Waals surface area (Å²) in [6.07, 6.45) is 0. The lowest BCUT2D eigenvalue weighted by atomic mass is 10.2. The minimum atomic E-state index is -0.661. The van der Waals surface area contributed by atoms with Crippen molar-refractivity contribution in [1.82, 2.24) is 4.90 Å². The van der Waals surface area contributed by atoms with E-state index in [-0.39, 0.29) is 12.1 Å². The molecule has 2 aromatic rings. The van der Waals surface area contributed by atoms with Crippen molar-refractivity contribution in [3.8, 4) is 11.5 Å². The highest BCUT2D eigenvalue weighted by atomic mass is 19.1. The van der Waals surface area contributed by atoms with Crippen LogP contribution in [0, 0.1) is 5.82 Å². The lowest BCUT2D eigenvalue weighted by Gasteiger charge is -2.17. The first kappa shape index (κ1) is 20.2. The van der Waals surface area contributed by atoms with Crippen LogP contribution in [-0.4, -0.2) is 44.1 Å². The summed E-state index contributed by atoms with van der Waals surface area (Å²) < 4.78 is 29.3. The lowest BCUT2D eigenvalue weighted by Crippen LogP contribution is -2.31. The summed E-state index contributed by atoms with van der Waals surface area (Å²) in [6, 6.07) is 10.8. The zero-order valence-corrected chi connectivity index (χ0v) is 15.5. The monoisotopic (exact) mass is 375 g/mol. The maximum atomic E-state index is 13.7. The Bertz CT molecular complexity index is 809. The van der Waals surface area contributed by atoms with Gasteiger partial charge < -0.3 is 19.1 Å². The quantitative estimate of drug-likeness (QED) is 0.664. The predicted molar refractivity (Wildman–Crippen MR) is 97.3 cm³/mol. The van der Waals surface area contributed by atoms with Crippen LogP contribution in [0.25, 0.3) is 0 Å². The molecule has 0 heterocycles. The number of likely N-dealkylation sites (N-methyl/N-ethyl adjacent to an activating group) is 1. The number of rotatable bonds is 8. The van der Waals surface area contributed by atoms with Crippen LogP contribution in [0.15, 0.2) is 42.5 Å². The van der Waals surface area contributed by atoms with Gasteiger partial charge in [-0.2, -0.15) is 0 Å². The van der Waals surface area contributed by atoms with Gasteiger partial charge in [0, 0.05) is 19.2 Å². The number of benzene rings is 2. The van der Waals surface area contributed by atoms with Crippen molar-refractivity contribution >= 4 is 11.9 Å². The van der Waals surface area contributed by atoms with E-state index in [2.05, 4.69) is 0 Å². The first-order chi connectivity index (χ1) is 13.0. The van der Waals surface area contributed by atoms with Crippen LogP contribution in [-0.2, 0) is 16.1 Å². The third-order valence-corrected chi connectivity index (χ3v) is 3.82. The van der Waals surface area contributed by atoms with Crippen molar-refractivity contribution in [3.63, 3.8) is 0 Å². The first-order valence-corrected chi connectivity index (χ1v) is 8.41. The smallest absolute Gasteiger partial charge is 0.338 e. The Morgan fingerprint density at radius 2 is 1.85 bits per heavy atom. The van der Waals surface area contributed by atoms with E-state index >= 15 is 0 Å². The molecule has 0 aromatic heterocycles. The number of nitrogens with zero attached hydrogens (tertiary/aromatic N) is 1. The SMILES string of the molecule is CCOc1cc(C(=O)OCC(=O)N(C)Cc2ccccc2F)ccc1OC. The van der Waals surface area contributed by atoms with Gasteiger partial charge in [0.1, 0.15) is 5.82 Å². The van der Waals surface area contributed by atoms with E-state index in [9.17, 15) is 14.0 Å². The number of esters is 1. The molecular formula is C20H22FNO5. The van der Waals surface area contributed by atoms with Crippen LogP contribution < -0.4 is 9.47 Å². The second-order valence-electron chi connectivity index (χ2n) is 5.72. The predicted octanol–water partition coefficient (Wildman–Crippen LogP) is 3.05. The number of hydrogen-bond acceptors (Lipinski definition) is 5. The van der Waals surface area contributed by atoms with E-state index in [4.69, 9.17) is 14.2 Å². The molecule has 0 unspecified atom stereocenters. The molecule has 0 spiro atoms. The van der Waals surface area contributed by atoms with Gasteiger partial charge in [0.05, 0.1) is 19.3 Å². The lowest BCUT2D eigenvalue weighted by molar-refractivity contribution is -0.133. The maximum absolute atomic E-state index is 13.7. The average Bonchev–Trinajstić information content (AvgIpc) is 2.67. The molecule has 2 aromatic carbocycles. The normalized spacial score (nSPS) is 10.2. The zero-order valence-electron chi connectivity index (χ0n) is 15.5. The molecule has 0 saturated heterocycles. The van der Waals surface area contributed by atoms with Crippen LogP contribution >= 0.6 is 0 Å². The van der Waals surface area contributed by atoms with Crippen LogP contribution in [0.3, 0.4) is 0 Å². The second kappa shape index (κ2) is 9.56. The van der Waals surface area contributed by atoms with Gasteiger partial charge in [0.15, 0.2) is 18.1 Å². The van der Waals surface area contributed by atoms with Crippen molar-refractivity contribution in [2.24, 2.45) is 0 Å². The van der Waals surface area contributed by atoms with Crippen LogP contribution in [0.4, 0.5) is 4.39 Å². The molecule has 144 valence electrons. The number of halogens is 1. The molecule has 0 bridgehead atoms. The summed E-state index contributed by atoms with van der Waals surface area (Å²) in [4.78, 5) is 25.6. The van der Waals surface area contributed by atoms with Crippen LogP contribution in [0.5, 0.6) is 11.5 Å². The van der Waals surface area contributed by atoms with Gasteiger partial charge in [-0.15, -0.1) is 0 Å². The zero-order chi connectivity index (χ0) is 19.8. The summed E-state index contributed by atoms with van der Waals surface area (Å²) >= 11 is 0. The van der Waals surface area contributed by atoms with Gasteiger partial charge in [-0.05, 0) is 31.2 Å². The van der Waals surface area contributed by atoms with E-state index in [0.29, 0.717) is 23.7 Å². The first-order valence-electron chi connectivity index (χ1n) is 8.41. The Morgan fingerprint density at radius 3 is 2.52 bits per heavy atom. The van der Waals surface area contributed by atoms with E-state index in [0.717, 1.165) is 0 Å². The molecule has 6 nitrogen and oxygen atoms in total.